The van der Waals surface area contributed by atoms with Crippen molar-refractivity contribution in [2.75, 3.05) is 13.1 Å². The van der Waals surface area contributed by atoms with Crippen molar-refractivity contribution in [2.45, 2.75) is 43.0 Å². The molecular weight excluding hydrogens is 499 g/mol. The Balaban J connectivity index is 1.47. The summed E-state index contributed by atoms with van der Waals surface area (Å²) in [6.45, 7) is 0.378. The number of rotatable bonds is 7. The molecule has 1 aliphatic carbocycles. The van der Waals surface area contributed by atoms with E-state index in [1.54, 1.807) is 10.7 Å². The predicted molar refractivity (Wildman–Crippen MR) is 123 cm³/mol. The van der Waals surface area contributed by atoms with Crippen LogP contribution in [0, 0.1) is 11.8 Å². The number of nitrogens with zero attached hydrogens (tertiary/aromatic N) is 3. The Morgan fingerprint density at radius 2 is 1.78 bits per heavy atom. The van der Waals surface area contributed by atoms with E-state index in [1.165, 1.54) is 4.31 Å². The minimum Gasteiger partial charge on any atom is -0.481 e. The van der Waals surface area contributed by atoms with Crippen molar-refractivity contribution in [3.05, 3.63) is 54.2 Å². The molecule has 1 N–H and O–H groups in total. The molecule has 1 saturated heterocycles. The highest BCUT2D eigenvalue weighted by Crippen LogP contribution is 2.45. The van der Waals surface area contributed by atoms with Crippen LogP contribution in [0.2, 0.25) is 0 Å². The number of carboxylic acid groups (broad SMARTS) is 1. The van der Waals surface area contributed by atoms with E-state index in [0.717, 1.165) is 49.0 Å². The van der Waals surface area contributed by atoms with Crippen LogP contribution < -0.4 is 4.74 Å². The Morgan fingerprint density at radius 3 is 2.39 bits per heavy atom. The first-order valence-electron chi connectivity index (χ1n) is 11.6. The van der Waals surface area contributed by atoms with Crippen LogP contribution in [0.4, 0.5) is 13.2 Å². The van der Waals surface area contributed by atoms with E-state index in [4.69, 9.17) is 0 Å². The van der Waals surface area contributed by atoms with Gasteiger partial charge in [0.2, 0.25) is 10.0 Å². The Kier molecular flexibility index (Phi) is 6.19. The van der Waals surface area contributed by atoms with Gasteiger partial charge in [0.25, 0.3) is 0 Å². The number of aromatic nitrogens is 2. The maximum Gasteiger partial charge on any atom is 0.573 e. The summed E-state index contributed by atoms with van der Waals surface area (Å²) in [5.74, 6) is -1.22. The van der Waals surface area contributed by atoms with Crippen molar-refractivity contribution in [3.63, 3.8) is 0 Å². The number of sulfonamides is 1. The van der Waals surface area contributed by atoms with Crippen molar-refractivity contribution in [1.82, 2.24) is 14.1 Å². The molecule has 1 aliphatic heterocycles. The average Bonchev–Trinajstić information content (AvgIpc) is 3.34. The molecule has 192 valence electrons. The van der Waals surface area contributed by atoms with Gasteiger partial charge in [-0.3, -0.25) is 9.48 Å². The number of halogens is 3. The van der Waals surface area contributed by atoms with E-state index >= 15 is 0 Å². The van der Waals surface area contributed by atoms with Crippen molar-refractivity contribution in [1.29, 1.82) is 0 Å². The van der Waals surface area contributed by atoms with Gasteiger partial charge in [-0.2, -0.15) is 9.40 Å². The van der Waals surface area contributed by atoms with E-state index < -0.39 is 28.1 Å². The van der Waals surface area contributed by atoms with Gasteiger partial charge in [0.1, 0.15) is 5.75 Å². The van der Waals surface area contributed by atoms with Gasteiger partial charge in [-0.1, -0.05) is 37.5 Å². The normalized spacial score (nSPS) is 21.5. The molecule has 1 saturated carbocycles. The molecule has 2 heterocycles. The number of ether oxygens (including phenoxy) is 1. The maximum atomic E-state index is 13.5. The lowest BCUT2D eigenvalue weighted by Crippen LogP contribution is -2.31. The summed E-state index contributed by atoms with van der Waals surface area (Å²) in [6.07, 6.45) is -2.11. The fourth-order valence-corrected chi connectivity index (χ4v) is 6.70. The van der Waals surface area contributed by atoms with Gasteiger partial charge in [-0.15, -0.1) is 13.2 Å². The highest BCUT2D eigenvalue weighted by Gasteiger charge is 2.46. The number of hydrogen-bond acceptors (Lipinski definition) is 5. The molecular formula is C24H24F3N3O5S. The Labute approximate surface area is 205 Å². The first-order chi connectivity index (χ1) is 17.0. The molecule has 12 heteroatoms. The number of fused-ring (bicyclic) bond motifs is 1. The van der Waals surface area contributed by atoms with E-state index in [9.17, 15) is 31.5 Å². The standard InChI is InChI=1S/C24H24F3N3O5S/c25-24(26,27)35-16-8-10-17(11-9-16)36(33,34)29-13-19(15-4-3-5-15)22(14-29)30-21-7-2-1-6-18(21)20(28-30)12-23(31)32/h1-2,6-11,15,19,22H,3-5,12-14H2,(H,31,32)/t19-,22-/m0/s1. The zero-order valence-corrected chi connectivity index (χ0v) is 19.9. The van der Waals surface area contributed by atoms with Crippen molar-refractivity contribution < 1.29 is 36.2 Å². The molecule has 2 aromatic carbocycles. The first-order valence-corrected chi connectivity index (χ1v) is 13.0. The Bertz CT molecular complexity index is 1380. The molecule has 2 aliphatic rings. The molecule has 0 bridgehead atoms. The number of alkyl halides is 3. The smallest absolute Gasteiger partial charge is 0.481 e. The van der Waals surface area contributed by atoms with Gasteiger partial charge in [-0.25, -0.2) is 8.42 Å². The van der Waals surface area contributed by atoms with Crippen molar-refractivity contribution in [3.8, 4) is 5.75 Å². The van der Waals surface area contributed by atoms with Crippen molar-refractivity contribution in [2.24, 2.45) is 11.8 Å². The van der Waals surface area contributed by atoms with Crippen LogP contribution in [0.1, 0.15) is 31.0 Å². The molecule has 0 radical (unpaired) electrons. The van der Waals surface area contributed by atoms with Gasteiger partial charge in [0, 0.05) is 18.5 Å². The van der Waals surface area contributed by atoms with Crippen LogP contribution in [-0.2, 0) is 21.2 Å². The van der Waals surface area contributed by atoms with Crippen LogP contribution in [0.15, 0.2) is 53.4 Å². The van der Waals surface area contributed by atoms with Gasteiger partial charge < -0.3 is 9.84 Å². The van der Waals surface area contributed by atoms with E-state index in [1.807, 2.05) is 18.2 Å². The molecule has 3 aromatic rings. The van der Waals surface area contributed by atoms with Crippen LogP contribution in [0.25, 0.3) is 10.9 Å². The molecule has 36 heavy (non-hydrogen) atoms. The lowest BCUT2D eigenvalue weighted by molar-refractivity contribution is -0.274. The minimum absolute atomic E-state index is 0.0256. The third-order valence-electron chi connectivity index (χ3n) is 7.07. The molecule has 0 amide bonds. The molecule has 2 atom stereocenters. The zero-order chi connectivity index (χ0) is 25.7. The third kappa shape index (κ3) is 4.66. The summed E-state index contributed by atoms with van der Waals surface area (Å²) in [5, 5.41) is 14.7. The highest BCUT2D eigenvalue weighted by atomic mass is 32.2. The summed E-state index contributed by atoms with van der Waals surface area (Å²) >= 11 is 0. The lowest BCUT2D eigenvalue weighted by Gasteiger charge is -2.34. The number of aliphatic carboxylic acids is 1. The molecule has 2 fully saturated rings. The number of carbonyl (C=O) groups is 1. The number of benzene rings is 2. The largest absolute Gasteiger partial charge is 0.573 e. The predicted octanol–water partition coefficient (Wildman–Crippen LogP) is 4.22. The average molecular weight is 524 g/mol. The second-order valence-corrected chi connectivity index (χ2v) is 11.2. The third-order valence-corrected chi connectivity index (χ3v) is 8.92. The van der Waals surface area contributed by atoms with Gasteiger partial charge in [0.05, 0.1) is 28.6 Å². The summed E-state index contributed by atoms with van der Waals surface area (Å²) in [4.78, 5) is 11.3. The van der Waals surface area contributed by atoms with Crippen LogP contribution in [0.5, 0.6) is 5.75 Å². The first kappa shape index (κ1) is 24.6. The second-order valence-electron chi connectivity index (χ2n) is 9.24. The molecule has 8 nitrogen and oxygen atoms in total. The SMILES string of the molecule is O=C(O)Cc1nn([C@H]2CN(S(=O)(=O)c3ccc(OC(F)(F)F)cc3)C[C@H]2C2CCC2)c2ccccc12. The van der Waals surface area contributed by atoms with Crippen LogP contribution in [-0.4, -0.2) is 53.0 Å². The summed E-state index contributed by atoms with van der Waals surface area (Å²) in [7, 11) is -3.99. The summed E-state index contributed by atoms with van der Waals surface area (Å²) < 4.78 is 71.3. The van der Waals surface area contributed by atoms with E-state index in [-0.39, 0.29) is 36.4 Å². The Morgan fingerprint density at radius 1 is 1.08 bits per heavy atom. The van der Waals surface area contributed by atoms with Crippen molar-refractivity contribution >= 4 is 26.9 Å². The second kappa shape index (κ2) is 9.07. The molecule has 1 aromatic heterocycles. The van der Waals surface area contributed by atoms with Crippen LogP contribution in [0.3, 0.4) is 0 Å². The van der Waals surface area contributed by atoms with E-state index in [0.29, 0.717) is 17.0 Å². The quantitative estimate of drug-likeness (QED) is 0.498. The van der Waals surface area contributed by atoms with Gasteiger partial charge >= 0.3 is 12.3 Å². The monoisotopic (exact) mass is 523 g/mol. The maximum absolute atomic E-state index is 13.5. The lowest BCUT2D eigenvalue weighted by atomic mass is 9.74. The highest BCUT2D eigenvalue weighted by molar-refractivity contribution is 7.89. The Hall–Kier alpha value is -3.12. The van der Waals surface area contributed by atoms with Gasteiger partial charge in [-0.05, 0) is 42.2 Å². The molecule has 0 unspecified atom stereocenters. The fraction of sp³-hybridized carbons (Fsp3) is 0.417. The number of hydrogen-bond donors (Lipinski definition) is 1. The van der Waals surface area contributed by atoms with E-state index in [2.05, 4.69) is 9.84 Å². The fourth-order valence-electron chi connectivity index (χ4n) is 5.21. The van der Waals surface area contributed by atoms with Gasteiger partial charge in [0.15, 0.2) is 0 Å². The number of para-hydroxylation sites is 1. The molecule has 0 spiro atoms. The zero-order valence-electron chi connectivity index (χ0n) is 19.1. The number of carboxylic acids is 1. The summed E-state index contributed by atoms with van der Waals surface area (Å²) in [6, 6.07) is 11.2. The molecule has 5 rings (SSSR count). The summed E-state index contributed by atoms with van der Waals surface area (Å²) in [5.41, 5.74) is 1.17. The minimum atomic E-state index is -4.87. The van der Waals surface area contributed by atoms with Crippen LogP contribution >= 0.6 is 0 Å². The topological polar surface area (TPSA) is 102 Å².